The Morgan fingerprint density at radius 2 is 2.25 bits per heavy atom. The standard InChI is InChI=1S/C10H19NO/c1-3-10(12)6-5-8-11(4-2)9-7-10/h3,12H,1,4-9H2,2H3. The number of hydrogen-bond acceptors (Lipinski definition) is 2. The van der Waals surface area contributed by atoms with Gasteiger partial charge in [-0.1, -0.05) is 13.0 Å². The molecule has 0 aliphatic carbocycles. The second-order valence-electron chi connectivity index (χ2n) is 3.60. The fourth-order valence-corrected chi connectivity index (χ4v) is 1.72. The van der Waals surface area contributed by atoms with Gasteiger partial charge in [0.2, 0.25) is 0 Å². The Morgan fingerprint density at radius 3 is 2.83 bits per heavy atom. The number of likely N-dealkylation sites (tertiary alicyclic amines) is 1. The van der Waals surface area contributed by atoms with E-state index in [0.717, 1.165) is 38.9 Å². The van der Waals surface area contributed by atoms with Gasteiger partial charge in [-0.25, -0.2) is 0 Å². The molecule has 0 amide bonds. The fourth-order valence-electron chi connectivity index (χ4n) is 1.72. The highest BCUT2D eigenvalue weighted by Gasteiger charge is 2.25. The second-order valence-corrected chi connectivity index (χ2v) is 3.60. The Hall–Kier alpha value is -0.340. The minimum absolute atomic E-state index is 0.593. The van der Waals surface area contributed by atoms with Gasteiger partial charge in [0.05, 0.1) is 5.60 Å². The predicted octanol–water partition coefficient (Wildman–Crippen LogP) is 1.41. The molecule has 12 heavy (non-hydrogen) atoms. The van der Waals surface area contributed by atoms with Crippen LogP contribution in [0, 0.1) is 0 Å². The van der Waals surface area contributed by atoms with Gasteiger partial charge in [-0.15, -0.1) is 6.58 Å². The minimum atomic E-state index is -0.593. The van der Waals surface area contributed by atoms with Crippen molar-refractivity contribution in [2.24, 2.45) is 0 Å². The number of rotatable bonds is 2. The molecule has 0 saturated carbocycles. The summed E-state index contributed by atoms with van der Waals surface area (Å²) in [4.78, 5) is 2.38. The molecule has 0 radical (unpaired) electrons. The van der Waals surface area contributed by atoms with Crippen LogP contribution in [0.1, 0.15) is 26.2 Å². The zero-order valence-electron chi connectivity index (χ0n) is 7.92. The van der Waals surface area contributed by atoms with E-state index in [-0.39, 0.29) is 0 Å². The summed E-state index contributed by atoms with van der Waals surface area (Å²) in [6, 6.07) is 0. The predicted molar refractivity (Wildman–Crippen MR) is 51.1 cm³/mol. The van der Waals surface area contributed by atoms with E-state index < -0.39 is 5.60 Å². The number of aliphatic hydroxyl groups is 1. The van der Waals surface area contributed by atoms with Gasteiger partial charge in [-0.3, -0.25) is 0 Å². The molecule has 1 unspecified atom stereocenters. The molecule has 1 saturated heterocycles. The number of nitrogens with zero attached hydrogens (tertiary/aromatic N) is 1. The first kappa shape index (κ1) is 9.75. The maximum atomic E-state index is 9.93. The van der Waals surface area contributed by atoms with Crippen molar-refractivity contribution in [1.29, 1.82) is 0 Å². The summed E-state index contributed by atoms with van der Waals surface area (Å²) < 4.78 is 0. The first-order valence-corrected chi connectivity index (χ1v) is 4.78. The monoisotopic (exact) mass is 169 g/mol. The normalized spacial score (nSPS) is 32.8. The van der Waals surface area contributed by atoms with Gasteiger partial charge in [0, 0.05) is 6.54 Å². The lowest BCUT2D eigenvalue weighted by Crippen LogP contribution is -2.28. The van der Waals surface area contributed by atoms with Gasteiger partial charge in [-0.05, 0) is 32.4 Å². The Labute approximate surface area is 74.9 Å². The first-order chi connectivity index (χ1) is 5.70. The average Bonchev–Trinajstić information content (AvgIpc) is 2.28. The average molecular weight is 169 g/mol. The third-order valence-corrected chi connectivity index (χ3v) is 2.77. The van der Waals surface area contributed by atoms with Crippen molar-refractivity contribution < 1.29 is 5.11 Å². The van der Waals surface area contributed by atoms with E-state index in [4.69, 9.17) is 0 Å². The van der Waals surface area contributed by atoms with Crippen molar-refractivity contribution >= 4 is 0 Å². The smallest absolute Gasteiger partial charge is 0.0837 e. The highest BCUT2D eigenvalue weighted by atomic mass is 16.3. The molecule has 2 nitrogen and oxygen atoms in total. The van der Waals surface area contributed by atoms with Gasteiger partial charge < -0.3 is 10.0 Å². The summed E-state index contributed by atoms with van der Waals surface area (Å²) in [5.41, 5.74) is -0.593. The SMILES string of the molecule is C=CC1(O)CCCN(CC)CC1. The highest BCUT2D eigenvalue weighted by Crippen LogP contribution is 2.22. The maximum Gasteiger partial charge on any atom is 0.0837 e. The van der Waals surface area contributed by atoms with Gasteiger partial charge in [0.1, 0.15) is 0 Å². The van der Waals surface area contributed by atoms with Crippen LogP contribution in [-0.2, 0) is 0 Å². The quantitative estimate of drug-likeness (QED) is 0.632. The molecule has 1 rings (SSSR count). The second kappa shape index (κ2) is 4.06. The molecule has 0 aromatic carbocycles. The van der Waals surface area contributed by atoms with Crippen LogP contribution in [0.2, 0.25) is 0 Å². The fraction of sp³-hybridized carbons (Fsp3) is 0.800. The van der Waals surface area contributed by atoms with Crippen LogP contribution in [0.5, 0.6) is 0 Å². The van der Waals surface area contributed by atoms with Crippen molar-refractivity contribution in [1.82, 2.24) is 4.90 Å². The molecular weight excluding hydrogens is 150 g/mol. The molecule has 0 spiro atoms. The molecule has 1 aliphatic heterocycles. The summed E-state index contributed by atoms with van der Waals surface area (Å²) in [5.74, 6) is 0. The van der Waals surface area contributed by atoms with E-state index in [9.17, 15) is 5.11 Å². The van der Waals surface area contributed by atoms with Crippen LogP contribution in [0.25, 0.3) is 0 Å². The van der Waals surface area contributed by atoms with Crippen molar-refractivity contribution in [3.8, 4) is 0 Å². The topological polar surface area (TPSA) is 23.5 Å². The Morgan fingerprint density at radius 1 is 1.50 bits per heavy atom. The summed E-state index contributed by atoms with van der Waals surface area (Å²) in [5, 5.41) is 9.93. The molecule has 0 bridgehead atoms. The molecular formula is C10H19NO. The van der Waals surface area contributed by atoms with Gasteiger partial charge in [0.25, 0.3) is 0 Å². The molecule has 1 N–H and O–H groups in total. The Balaban J connectivity index is 2.49. The van der Waals surface area contributed by atoms with E-state index in [1.165, 1.54) is 0 Å². The highest BCUT2D eigenvalue weighted by molar-refractivity contribution is 4.97. The summed E-state index contributed by atoms with van der Waals surface area (Å²) in [7, 11) is 0. The van der Waals surface area contributed by atoms with Gasteiger partial charge in [0.15, 0.2) is 0 Å². The van der Waals surface area contributed by atoms with Crippen molar-refractivity contribution in [3.05, 3.63) is 12.7 Å². The molecule has 1 heterocycles. The van der Waals surface area contributed by atoms with E-state index in [1.54, 1.807) is 6.08 Å². The summed E-state index contributed by atoms with van der Waals surface area (Å²) in [6.07, 6.45) is 4.49. The minimum Gasteiger partial charge on any atom is -0.386 e. The summed E-state index contributed by atoms with van der Waals surface area (Å²) in [6.45, 7) is 9.05. The summed E-state index contributed by atoms with van der Waals surface area (Å²) >= 11 is 0. The molecule has 2 heteroatoms. The first-order valence-electron chi connectivity index (χ1n) is 4.78. The zero-order valence-corrected chi connectivity index (χ0v) is 7.92. The van der Waals surface area contributed by atoms with Crippen LogP contribution in [0.3, 0.4) is 0 Å². The molecule has 1 atom stereocenters. The molecule has 0 aromatic rings. The van der Waals surface area contributed by atoms with E-state index in [0.29, 0.717) is 0 Å². The zero-order chi connectivity index (χ0) is 9.03. The van der Waals surface area contributed by atoms with Gasteiger partial charge in [-0.2, -0.15) is 0 Å². The van der Waals surface area contributed by atoms with E-state index in [1.807, 2.05) is 0 Å². The van der Waals surface area contributed by atoms with E-state index in [2.05, 4.69) is 18.4 Å². The Bertz CT molecular complexity index is 158. The lowest BCUT2D eigenvalue weighted by atomic mass is 9.95. The van der Waals surface area contributed by atoms with E-state index >= 15 is 0 Å². The van der Waals surface area contributed by atoms with Crippen LogP contribution >= 0.6 is 0 Å². The number of hydrogen-bond donors (Lipinski definition) is 1. The van der Waals surface area contributed by atoms with Crippen molar-refractivity contribution in [2.75, 3.05) is 19.6 Å². The van der Waals surface area contributed by atoms with Gasteiger partial charge >= 0.3 is 0 Å². The van der Waals surface area contributed by atoms with Crippen LogP contribution in [0.15, 0.2) is 12.7 Å². The maximum absolute atomic E-state index is 9.93. The van der Waals surface area contributed by atoms with Crippen LogP contribution in [-0.4, -0.2) is 35.2 Å². The largest absolute Gasteiger partial charge is 0.386 e. The lowest BCUT2D eigenvalue weighted by Gasteiger charge is -2.22. The molecule has 0 aromatic heterocycles. The van der Waals surface area contributed by atoms with Crippen molar-refractivity contribution in [2.45, 2.75) is 31.8 Å². The molecule has 70 valence electrons. The van der Waals surface area contributed by atoms with Crippen LogP contribution in [0.4, 0.5) is 0 Å². The third kappa shape index (κ3) is 2.32. The third-order valence-electron chi connectivity index (χ3n) is 2.77. The lowest BCUT2D eigenvalue weighted by molar-refractivity contribution is 0.0752. The Kier molecular flexibility index (Phi) is 3.29. The molecule has 1 fully saturated rings. The van der Waals surface area contributed by atoms with Crippen LogP contribution < -0.4 is 0 Å². The van der Waals surface area contributed by atoms with Crippen molar-refractivity contribution in [3.63, 3.8) is 0 Å². The molecule has 1 aliphatic rings.